The average Bonchev–Trinajstić information content (AvgIpc) is 3.05. The Morgan fingerprint density at radius 3 is 2.50 bits per heavy atom. The predicted octanol–water partition coefficient (Wildman–Crippen LogP) is 3.62. The minimum absolute atomic E-state index is 0.0745. The van der Waals surface area contributed by atoms with E-state index in [1.54, 1.807) is 0 Å². The summed E-state index contributed by atoms with van der Waals surface area (Å²) >= 11 is 0. The van der Waals surface area contributed by atoms with Gasteiger partial charge in [-0.3, -0.25) is 9.59 Å². The second-order valence-electron chi connectivity index (χ2n) is 7.58. The van der Waals surface area contributed by atoms with Gasteiger partial charge in [-0.05, 0) is 36.1 Å². The highest BCUT2D eigenvalue weighted by Gasteiger charge is 2.32. The van der Waals surface area contributed by atoms with Gasteiger partial charge in [0.05, 0.1) is 0 Å². The molecular formula is C22H22F2N2O2. The Balaban J connectivity index is 1.29. The number of hydrogen-bond donors (Lipinski definition) is 1. The highest BCUT2D eigenvalue weighted by Crippen LogP contribution is 2.30. The normalized spacial score (nSPS) is 19.4. The molecule has 1 atom stereocenters. The van der Waals surface area contributed by atoms with Crippen LogP contribution in [0.1, 0.15) is 37.2 Å². The van der Waals surface area contributed by atoms with Gasteiger partial charge in [-0.1, -0.05) is 24.3 Å². The number of benzene rings is 2. The molecule has 0 saturated carbocycles. The minimum Gasteiger partial charge on any atom is -0.353 e. The molecule has 0 aromatic heterocycles. The second-order valence-corrected chi connectivity index (χ2v) is 7.58. The van der Waals surface area contributed by atoms with E-state index in [0.29, 0.717) is 43.5 Å². The second kappa shape index (κ2) is 7.70. The van der Waals surface area contributed by atoms with Crippen LogP contribution in [0.2, 0.25) is 0 Å². The molecule has 28 heavy (non-hydrogen) atoms. The summed E-state index contributed by atoms with van der Waals surface area (Å²) in [5, 5.41) is 2.89. The highest BCUT2D eigenvalue weighted by atomic mass is 19.1. The Morgan fingerprint density at radius 2 is 1.86 bits per heavy atom. The minimum atomic E-state index is -0.590. The van der Waals surface area contributed by atoms with E-state index in [4.69, 9.17) is 0 Å². The molecule has 2 aromatic carbocycles. The molecule has 2 aromatic rings. The number of amides is 2. The Hall–Kier alpha value is -2.76. The van der Waals surface area contributed by atoms with Crippen molar-refractivity contribution in [3.63, 3.8) is 0 Å². The summed E-state index contributed by atoms with van der Waals surface area (Å²) in [5.74, 6) is -0.686. The van der Waals surface area contributed by atoms with E-state index in [9.17, 15) is 18.4 Å². The lowest BCUT2D eigenvalue weighted by Crippen LogP contribution is -2.48. The summed E-state index contributed by atoms with van der Waals surface area (Å²) in [6.07, 6.45) is 2.53. The zero-order valence-electron chi connectivity index (χ0n) is 15.5. The highest BCUT2D eigenvalue weighted by molar-refractivity contribution is 5.79. The average molecular weight is 384 g/mol. The molecule has 2 saturated heterocycles. The first kappa shape index (κ1) is 18.6. The molecule has 0 spiro atoms. The third kappa shape index (κ3) is 3.91. The van der Waals surface area contributed by atoms with Crippen LogP contribution >= 0.6 is 0 Å². The van der Waals surface area contributed by atoms with Crippen molar-refractivity contribution >= 4 is 11.8 Å². The summed E-state index contributed by atoms with van der Waals surface area (Å²) in [6, 6.07) is 11.3. The van der Waals surface area contributed by atoms with Crippen LogP contribution in [0.15, 0.2) is 42.5 Å². The van der Waals surface area contributed by atoms with Crippen molar-refractivity contribution in [1.82, 2.24) is 10.2 Å². The third-order valence-electron chi connectivity index (χ3n) is 5.65. The Labute approximate surface area is 162 Å². The maximum absolute atomic E-state index is 13.9. The largest absolute Gasteiger partial charge is 0.353 e. The van der Waals surface area contributed by atoms with E-state index in [2.05, 4.69) is 5.32 Å². The van der Waals surface area contributed by atoms with Gasteiger partial charge in [0.1, 0.15) is 11.6 Å². The smallest absolute Gasteiger partial charge is 0.222 e. The fourth-order valence-electron chi connectivity index (χ4n) is 3.90. The molecular weight excluding hydrogens is 362 g/mol. The van der Waals surface area contributed by atoms with E-state index in [0.717, 1.165) is 18.1 Å². The first-order chi connectivity index (χ1) is 13.5. The molecule has 0 radical (unpaired) electrons. The molecule has 2 amide bonds. The third-order valence-corrected chi connectivity index (χ3v) is 5.65. The van der Waals surface area contributed by atoms with Crippen LogP contribution in [0.4, 0.5) is 8.78 Å². The van der Waals surface area contributed by atoms with Gasteiger partial charge in [0.25, 0.3) is 0 Å². The van der Waals surface area contributed by atoms with E-state index < -0.39 is 11.6 Å². The molecule has 2 fully saturated rings. The van der Waals surface area contributed by atoms with Gasteiger partial charge in [0.15, 0.2) is 0 Å². The lowest BCUT2D eigenvalue weighted by atomic mass is 9.89. The monoisotopic (exact) mass is 384 g/mol. The zero-order chi connectivity index (χ0) is 19.7. The first-order valence-corrected chi connectivity index (χ1v) is 9.62. The maximum atomic E-state index is 13.9. The molecule has 0 aliphatic carbocycles. The number of nitrogens with zero attached hydrogens (tertiary/aromatic N) is 1. The molecule has 1 N–H and O–H groups in total. The van der Waals surface area contributed by atoms with Crippen LogP contribution in [0, 0.1) is 11.6 Å². The van der Waals surface area contributed by atoms with Crippen LogP contribution in [-0.2, 0) is 9.59 Å². The molecule has 4 rings (SSSR count). The summed E-state index contributed by atoms with van der Waals surface area (Å²) in [5.41, 5.74) is 2.18. The van der Waals surface area contributed by atoms with Gasteiger partial charge in [-0.15, -0.1) is 0 Å². The van der Waals surface area contributed by atoms with Crippen LogP contribution in [0.3, 0.4) is 0 Å². The molecule has 1 unspecified atom stereocenters. The number of carbonyl (C=O) groups is 2. The van der Waals surface area contributed by atoms with Crippen LogP contribution in [0.5, 0.6) is 0 Å². The lowest BCUT2D eigenvalue weighted by Gasteiger charge is -2.40. The Morgan fingerprint density at radius 1 is 1.11 bits per heavy atom. The molecule has 6 heteroatoms. The standard InChI is InChI=1S/C22H22F2N2O2/c23-17-5-8-19(20(24)11-17)15-3-1-14(2-4-15)16-12-26(13-16)22(28)10-7-18-6-9-21(27)25-18/h1-5,8,11,16,18H,6-7,9-10,12-13H2,(H,25,27). The summed E-state index contributed by atoms with van der Waals surface area (Å²) in [4.78, 5) is 25.3. The number of halogens is 2. The number of likely N-dealkylation sites (tertiary alicyclic amines) is 1. The van der Waals surface area contributed by atoms with Gasteiger partial charge < -0.3 is 10.2 Å². The summed E-state index contributed by atoms with van der Waals surface area (Å²) in [6.45, 7) is 1.36. The molecule has 4 nitrogen and oxygen atoms in total. The van der Waals surface area contributed by atoms with Crippen molar-refractivity contribution in [1.29, 1.82) is 0 Å². The van der Waals surface area contributed by atoms with Gasteiger partial charge >= 0.3 is 0 Å². The van der Waals surface area contributed by atoms with E-state index in [-0.39, 0.29) is 23.8 Å². The molecule has 2 heterocycles. The number of rotatable bonds is 5. The lowest BCUT2D eigenvalue weighted by molar-refractivity contribution is -0.136. The zero-order valence-corrected chi connectivity index (χ0v) is 15.5. The topological polar surface area (TPSA) is 49.4 Å². The molecule has 0 bridgehead atoms. The number of nitrogens with one attached hydrogen (secondary N) is 1. The Bertz CT molecular complexity index is 892. The Kier molecular flexibility index (Phi) is 5.11. The van der Waals surface area contributed by atoms with E-state index >= 15 is 0 Å². The quantitative estimate of drug-likeness (QED) is 0.856. The van der Waals surface area contributed by atoms with Crippen LogP contribution < -0.4 is 5.32 Å². The molecule has 2 aliphatic rings. The fraction of sp³-hybridized carbons (Fsp3) is 0.364. The fourth-order valence-corrected chi connectivity index (χ4v) is 3.90. The SMILES string of the molecule is O=C1CCC(CCC(=O)N2CC(c3ccc(-c4ccc(F)cc4F)cc3)C2)N1. The summed E-state index contributed by atoms with van der Waals surface area (Å²) < 4.78 is 27.0. The van der Waals surface area contributed by atoms with Gasteiger partial charge in [-0.25, -0.2) is 8.78 Å². The van der Waals surface area contributed by atoms with Crippen molar-refractivity contribution in [2.75, 3.05) is 13.1 Å². The first-order valence-electron chi connectivity index (χ1n) is 9.62. The van der Waals surface area contributed by atoms with Crippen molar-refractivity contribution in [2.45, 2.75) is 37.6 Å². The van der Waals surface area contributed by atoms with Crippen molar-refractivity contribution in [2.24, 2.45) is 0 Å². The van der Waals surface area contributed by atoms with Crippen LogP contribution in [0.25, 0.3) is 11.1 Å². The predicted molar refractivity (Wildman–Crippen MR) is 102 cm³/mol. The summed E-state index contributed by atoms with van der Waals surface area (Å²) in [7, 11) is 0. The molecule has 146 valence electrons. The van der Waals surface area contributed by atoms with Gasteiger partial charge in [0, 0.05) is 49.5 Å². The maximum Gasteiger partial charge on any atom is 0.222 e. The molecule has 2 aliphatic heterocycles. The number of carbonyl (C=O) groups excluding carboxylic acids is 2. The number of hydrogen-bond acceptors (Lipinski definition) is 2. The van der Waals surface area contributed by atoms with Gasteiger partial charge in [0.2, 0.25) is 11.8 Å². The van der Waals surface area contributed by atoms with Crippen molar-refractivity contribution in [3.8, 4) is 11.1 Å². The van der Waals surface area contributed by atoms with E-state index in [1.807, 2.05) is 29.2 Å². The van der Waals surface area contributed by atoms with Gasteiger partial charge in [-0.2, -0.15) is 0 Å². The van der Waals surface area contributed by atoms with Crippen LogP contribution in [-0.4, -0.2) is 35.8 Å². The van der Waals surface area contributed by atoms with Crippen molar-refractivity contribution < 1.29 is 18.4 Å². The van der Waals surface area contributed by atoms with Crippen molar-refractivity contribution in [3.05, 3.63) is 59.7 Å². The van der Waals surface area contributed by atoms with E-state index in [1.165, 1.54) is 12.1 Å².